The van der Waals surface area contributed by atoms with E-state index in [0.717, 1.165) is 19.5 Å². The first-order chi connectivity index (χ1) is 9.92. The second kappa shape index (κ2) is 6.58. The summed E-state index contributed by atoms with van der Waals surface area (Å²) in [6.07, 6.45) is 0.835. The fraction of sp³-hybridized carbons (Fsp3) is 0.467. The summed E-state index contributed by atoms with van der Waals surface area (Å²) in [6, 6.07) is 5.16. The quantitative estimate of drug-likeness (QED) is 0.787. The topological polar surface area (TPSA) is 75.4 Å². The highest BCUT2D eigenvalue weighted by Gasteiger charge is 2.26. The summed E-state index contributed by atoms with van der Waals surface area (Å²) < 4.78 is 27.9. The molecule has 1 aliphatic heterocycles. The number of nitrogens with one attached hydrogen (secondary N) is 1. The number of sulfonamides is 1. The van der Waals surface area contributed by atoms with Gasteiger partial charge in [0, 0.05) is 18.2 Å². The normalized spacial score (nSPS) is 19.3. The molecule has 2 rings (SSSR count). The van der Waals surface area contributed by atoms with E-state index in [4.69, 9.17) is 5.73 Å². The summed E-state index contributed by atoms with van der Waals surface area (Å²) >= 11 is 0. The molecule has 1 saturated heterocycles. The molecule has 0 aliphatic carbocycles. The third-order valence-corrected chi connectivity index (χ3v) is 5.19. The van der Waals surface area contributed by atoms with Crippen LogP contribution >= 0.6 is 0 Å². The lowest BCUT2D eigenvalue weighted by Gasteiger charge is -2.15. The van der Waals surface area contributed by atoms with Crippen LogP contribution < -0.4 is 10.5 Å². The molecular formula is C15H21N3O2S. The van der Waals surface area contributed by atoms with Gasteiger partial charge in [0.15, 0.2) is 0 Å². The van der Waals surface area contributed by atoms with Crippen molar-refractivity contribution in [3.63, 3.8) is 0 Å². The number of hydrogen-bond acceptors (Lipinski definition) is 4. The number of aryl methyl sites for hydroxylation is 1. The highest BCUT2D eigenvalue weighted by Crippen LogP contribution is 2.18. The zero-order valence-corrected chi connectivity index (χ0v) is 13.2. The van der Waals surface area contributed by atoms with Crippen LogP contribution in [0.2, 0.25) is 0 Å². The molecular weight excluding hydrogens is 286 g/mol. The van der Waals surface area contributed by atoms with Gasteiger partial charge in [-0.05, 0) is 44.6 Å². The maximum absolute atomic E-state index is 12.5. The van der Waals surface area contributed by atoms with Crippen molar-refractivity contribution in [2.24, 2.45) is 5.73 Å². The molecule has 6 heteroatoms. The molecule has 0 radical (unpaired) electrons. The molecule has 3 N–H and O–H groups in total. The van der Waals surface area contributed by atoms with E-state index in [0.29, 0.717) is 16.0 Å². The average molecular weight is 307 g/mol. The summed E-state index contributed by atoms with van der Waals surface area (Å²) in [4.78, 5) is 2.41. The van der Waals surface area contributed by atoms with Crippen molar-refractivity contribution in [3.8, 4) is 11.8 Å². The van der Waals surface area contributed by atoms with Gasteiger partial charge in [0.1, 0.15) is 0 Å². The number of likely N-dealkylation sites (tertiary alicyclic amines) is 1. The second-order valence-electron chi connectivity index (χ2n) is 5.36. The van der Waals surface area contributed by atoms with Gasteiger partial charge in [0.2, 0.25) is 10.0 Å². The van der Waals surface area contributed by atoms with E-state index in [1.165, 1.54) is 0 Å². The van der Waals surface area contributed by atoms with Gasteiger partial charge in [-0.3, -0.25) is 0 Å². The Balaban J connectivity index is 2.26. The van der Waals surface area contributed by atoms with Gasteiger partial charge in [-0.25, -0.2) is 13.1 Å². The molecule has 1 unspecified atom stereocenters. The van der Waals surface area contributed by atoms with E-state index in [-0.39, 0.29) is 12.6 Å². The summed E-state index contributed by atoms with van der Waals surface area (Å²) in [5.41, 5.74) is 6.72. The molecule has 0 bridgehead atoms. The van der Waals surface area contributed by atoms with Gasteiger partial charge in [-0.2, -0.15) is 0 Å². The van der Waals surface area contributed by atoms with Crippen LogP contribution in [0.3, 0.4) is 0 Å². The van der Waals surface area contributed by atoms with Crippen molar-refractivity contribution >= 4 is 10.0 Å². The molecule has 0 aromatic heterocycles. The molecule has 1 aliphatic rings. The van der Waals surface area contributed by atoms with Crippen molar-refractivity contribution in [1.82, 2.24) is 9.62 Å². The lowest BCUT2D eigenvalue weighted by atomic mass is 10.1. The van der Waals surface area contributed by atoms with Crippen molar-refractivity contribution in [1.29, 1.82) is 0 Å². The van der Waals surface area contributed by atoms with Crippen LogP contribution in [0, 0.1) is 18.8 Å². The van der Waals surface area contributed by atoms with Crippen molar-refractivity contribution in [2.45, 2.75) is 24.3 Å². The van der Waals surface area contributed by atoms with Crippen LogP contribution in [0.1, 0.15) is 17.5 Å². The molecule has 114 valence electrons. The monoisotopic (exact) mass is 307 g/mol. The molecule has 1 aromatic carbocycles. The zero-order valence-electron chi connectivity index (χ0n) is 12.4. The molecule has 21 heavy (non-hydrogen) atoms. The van der Waals surface area contributed by atoms with E-state index in [1.54, 1.807) is 25.1 Å². The first kappa shape index (κ1) is 16.0. The number of nitrogens with zero attached hydrogens (tertiary/aromatic N) is 1. The Bertz CT molecular complexity index is 674. The smallest absolute Gasteiger partial charge is 0.241 e. The Hall–Kier alpha value is -1.39. The van der Waals surface area contributed by atoms with E-state index in [9.17, 15) is 8.42 Å². The predicted molar refractivity (Wildman–Crippen MR) is 83.3 cm³/mol. The van der Waals surface area contributed by atoms with Crippen LogP contribution in [-0.4, -0.2) is 46.0 Å². The molecule has 1 atom stereocenters. The third-order valence-electron chi connectivity index (χ3n) is 3.53. The second-order valence-corrected chi connectivity index (χ2v) is 7.04. The molecule has 1 heterocycles. The lowest BCUT2D eigenvalue weighted by molar-refractivity contribution is 0.407. The van der Waals surface area contributed by atoms with Gasteiger partial charge in [0.05, 0.1) is 11.4 Å². The standard InChI is InChI=1S/C15H21N3O2S/c1-12-5-6-13(4-3-8-16)10-15(12)21(19,20)17-14-7-9-18(2)11-14/h5-6,10,14,17H,7-9,11,16H2,1-2H3. The first-order valence-corrected chi connectivity index (χ1v) is 8.41. The van der Waals surface area contributed by atoms with Crippen LogP contribution in [0.15, 0.2) is 23.1 Å². The summed E-state index contributed by atoms with van der Waals surface area (Å²) in [5.74, 6) is 5.61. The van der Waals surface area contributed by atoms with Crippen molar-refractivity contribution in [3.05, 3.63) is 29.3 Å². The van der Waals surface area contributed by atoms with Crippen molar-refractivity contribution in [2.75, 3.05) is 26.7 Å². The van der Waals surface area contributed by atoms with E-state index >= 15 is 0 Å². The van der Waals surface area contributed by atoms with Gasteiger partial charge in [0.25, 0.3) is 0 Å². The molecule has 5 nitrogen and oxygen atoms in total. The number of hydrogen-bond donors (Lipinski definition) is 2. The van der Waals surface area contributed by atoms with E-state index in [1.807, 2.05) is 7.05 Å². The Morgan fingerprint density at radius 2 is 2.24 bits per heavy atom. The van der Waals surface area contributed by atoms with Crippen LogP contribution in [-0.2, 0) is 10.0 Å². The summed E-state index contributed by atoms with van der Waals surface area (Å²) in [7, 11) is -1.53. The summed E-state index contributed by atoms with van der Waals surface area (Å²) in [5, 5.41) is 0. The minimum Gasteiger partial charge on any atom is -0.320 e. The Morgan fingerprint density at radius 1 is 1.48 bits per heavy atom. The minimum absolute atomic E-state index is 0.0295. The van der Waals surface area contributed by atoms with Crippen LogP contribution in [0.5, 0.6) is 0 Å². The van der Waals surface area contributed by atoms with Gasteiger partial charge >= 0.3 is 0 Å². The number of benzene rings is 1. The molecule has 1 fully saturated rings. The third kappa shape index (κ3) is 4.05. The largest absolute Gasteiger partial charge is 0.320 e. The highest BCUT2D eigenvalue weighted by atomic mass is 32.2. The van der Waals surface area contributed by atoms with Gasteiger partial charge in [-0.15, -0.1) is 0 Å². The fourth-order valence-electron chi connectivity index (χ4n) is 2.43. The number of nitrogens with two attached hydrogens (primary N) is 1. The van der Waals surface area contributed by atoms with Gasteiger partial charge in [-0.1, -0.05) is 17.9 Å². The average Bonchev–Trinajstić information content (AvgIpc) is 2.82. The van der Waals surface area contributed by atoms with Crippen molar-refractivity contribution < 1.29 is 8.42 Å². The van der Waals surface area contributed by atoms with Crippen LogP contribution in [0.4, 0.5) is 0 Å². The highest BCUT2D eigenvalue weighted by molar-refractivity contribution is 7.89. The van der Waals surface area contributed by atoms with Gasteiger partial charge < -0.3 is 10.6 Å². The molecule has 0 spiro atoms. The number of rotatable bonds is 3. The van der Waals surface area contributed by atoms with E-state index in [2.05, 4.69) is 21.5 Å². The minimum atomic E-state index is -3.52. The first-order valence-electron chi connectivity index (χ1n) is 6.93. The SMILES string of the molecule is Cc1ccc(C#CCN)cc1S(=O)(=O)NC1CCN(C)C1. The fourth-order valence-corrected chi connectivity index (χ4v) is 3.97. The lowest BCUT2D eigenvalue weighted by Crippen LogP contribution is -2.36. The number of likely N-dealkylation sites (N-methyl/N-ethyl adjacent to an activating group) is 1. The predicted octanol–water partition coefficient (Wildman–Crippen LogP) is 0.288. The molecule has 1 aromatic rings. The zero-order chi connectivity index (χ0) is 15.5. The molecule has 0 saturated carbocycles. The molecule has 0 amide bonds. The van der Waals surface area contributed by atoms with E-state index < -0.39 is 10.0 Å². The maximum atomic E-state index is 12.5. The Morgan fingerprint density at radius 3 is 2.86 bits per heavy atom. The maximum Gasteiger partial charge on any atom is 0.241 e. The summed E-state index contributed by atoms with van der Waals surface area (Å²) in [6.45, 7) is 3.69. The Kier molecular flexibility index (Phi) is 5.01. The van der Waals surface area contributed by atoms with Crippen LogP contribution in [0.25, 0.3) is 0 Å². The Labute approximate surface area is 126 Å².